The normalized spacial score (nSPS) is 27.3. The number of Topliss-reactive ketones (excluding diaryl/α,β-unsaturated/α-hetero) is 2. The molecule has 0 aromatic rings. The smallest absolute Gasteiger partial charge is 0.147 e. The Morgan fingerprint density at radius 2 is 1.58 bits per heavy atom. The van der Waals surface area contributed by atoms with Gasteiger partial charge in [-0.05, 0) is 64.8 Å². The third-order valence-electron chi connectivity index (χ3n) is 6.69. The van der Waals surface area contributed by atoms with Crippen molar-refractivity contribution >= 4 is 11.6 Å². The van der Waals surface area contributed by atoms with Gasteiger partial charge in [-0.2, -0.15) is 0 Å². The third kappa shape index (κ3) is 3.60. The van der Waals surface area contributed by atoms with Gasteiger partial charge in [-0.15, -0.1) is 0 Å². The summed E-state index contributed by atoms with van der Waals surface area (Å²) in [5, 5.41) is 0. The quantitative estimate of drug-likeness (QED) is 0.741. The summed E-state index contributed by atoms with van der Waals surface area (Å²) in [7, 11) is 4.21. The Bertz CT molecular complexity index is 458. The predicted molar refractivity (Wildman–Crippen MR) is 96.0 cm³/mol. The molecule has 1 saturated heterocycles. The Kier molecular flexibility index (Phi) is 5.45. The number of carbonyl (C=O) groups is 2. The predicted octanol–water partition coefficient (Wildman–Crippen LogP) is 2.90. The first-order valence-corrected chi connectivity index (χ1v) is 9.90. The maximum atomic E-state index is 13.1. The lowest BCUT2D eigenvalue weighted by molar-refractivity contribution is -0.150. The minimum Gasteiger partial charge on any atom is -0.309 e. The molecule has 3 aliphatic rings. The molecule has 0 atom stereocenters. The van der Waals surface area contributed by atoms with E-state index in [0.717, 1.165) is 64.7 Å². The highest BCUT2D eigenvalue weighted by molar-refractivity contribution is 6.09. The Hall–Kier alpha value is -0.740. The fourth-order valence-corrected chi connectivity index (χ4v) is 5.25. The molecule has 24 heavy (non-hydrogen) atoms. The van der Waals surface area contributed by atoms with Gasteiger partial charge in [-0.1, -0.05) is 25.7 Å². The van der Waals surface area contributed by atoms with E-state index in [-0.39, 0.29) is 17.0 Å². The second-order valence-electron chi connectivity index (χ2n) is 8.88. The first-order valence-electron chi connectivity index (χ1n) is 9.90. The number of hydrogen-bond donors (Lipinski definition) is 0. The number of likely N-dealkylation sites (tertiary alicyclic amines) is 1. The minimum absolute atomic E-state index is 0.0379. The molecule has 2 aliphatic carbocycles. The molecule has 3 rings (SSSR count). The third-order valence-corrected chi connectivity index (χ3v) is 6.69. The van der Waals surface area contributed by atoms with E-state index in [0.29, 0.717) is 12.8 Å². The van der Waals surface area contributed by atoms with Crippen LogP contribution >= 0.6 is 0 Å². The van der Waals surface area contributed by atoms with Crippen LogP contribution in [0.5, 0.6) is 0 Å². The molecule has 1 heterocycles. The molecule has 3 fully saturated rings. The topological polar surface area (TPSA) is 40.6 Å². The van der Waals surface area contributed by atoms with Gasteiger partial charge in [0, 0.05) is 19.4 Å². The van der Waals surface area contributed by atoms with Crippen LogP contribution in [0.3, 0.4) is 0 Å². The fraction of sp³-hybridized carbons (Fsp3) is 0.900. The highest BCUT2D eigenvalue weighted by atomic mass is 16.2. The Morgan fingerprint density at radius 1 is 0.958 bits per heavy atom. The van der Waals surface area contributed by atoms with Crippen molar-refractivity contribution in [3.05, 3.63) is 0 Å². The van der Waals surface area contributed by atoms with Crippen LogP contribution < -0.4 is 0 Å². The molecule has 2 spiro atoms. The van der Waals surface area contributed by atoms with Gasteiger partial charge in [0.25, 0.3) is 0 Å². The first-order chi connectivity index (χ1) is 11.5. The van der Waals surface area contributed by atoms with E-state index in [9.17, 15) is 9.59 Å². The van der Waals surface area contributed by atoms with Crippen LogP contribution in [0.15, 0.2) is 0 Å². The number of rotatable bonds is 4. The minimum atomic E-state index is -0.583. The molecule has 0 aromatic carbocycles. The lowest BCUT2D eigenvalue weighted by Gasteiger charge is -2.42. The average Bonchev–Trinajstić information content (AvgIpc) is 2.74. The molecule has 0 bridgehead atoms. The van der Waals surface area contributed by atoms with Crippen LogP contribution in [0.1, 0.15) is 64.2 Å². The molecular formula is C20H34N2O2. The molecule has 2 saturated carbocycles. The largest absolute Gasteiger partial charge is 0.309 e. The van der Waals surface area contributed by atoms with E-state index in [2.05, 4.69) is 23.9 Å². The number of ketones is 2. The summed E-state index contributed by atoms with van der Waals surface area (Å²) in [6.07, 6.45) is 9.65. The van der Waals surface area contributed by atoms with Gasteiger partial charge in [0.05, 0.1) is 5.41 Å². The van der Waals surface area contributed by atoms with E-state index in [1.165, 1.54) is 12.8 Å². The van der Waals surface area contributed by atoms with Crippen LogP contribution in [0.2, 0.25) is 0 Å². The Balaban J connectivity index is 1.62. The van der Waals surface area contributed by atoms with E-state index in [4.69, 9.17) is 0 Å². The highest BCUT2D eigenvalue weighted by Gasteiger charge is 2.55. The van der Waals surface area contributed by atoms with Crippen LogP contribution in [0, 0.1) is 10.8 Å². The monoisotopic (exact) mass is 334 g/mol. The van der Waals surface area contributed by atoms with Crippen molar-refractivity contribution in [2.75, 3.05) is 40.3 Å². The van der Waals surface area contributed by atoms with Gasteiger partial charge >= 0.3 is 0 Å². The number of carbonyl (C=O) groups excluding carboxylic acids is 2. The van der Waals surface area contributed by atoms with Crippen LogP contribution in [0.4, 0.5) is 0 Å². The molecule has 4 nitrogen and oxygen atoms in total. The van der Waals surface area contributed by atoms with E-state index in [1.807, 2.05) is 0 Å². The fourth-order valence-electron chi connectivity index (χ4n) is 5.25. The van der Waals surface area contributed by atoms with Crippen molar-refractivity contribution in [2.24, 2.45) is 10.8 Å². The van der Waals surface area contributed by atoms with Gasteiger partial charge in [0.15, 0.2) is 0 Å². The molecule has 0 amide bonds. The summed E-state index contributed by atoms with van der Waals surface area (Å²) in [5.41, 5.74) is -0.621. The molecule has 4 heteroatoms. The lowest BCUT2D eigenvalue weighted by atomic mass is 9.59. The standard InChI is InChI=1S/C20H34N2O2/c1-21(2)11-7-12-22-13-10-19(16-22)14-17(23)20(18(24)15-19)8-5-3-4-6-9-20/h3-16H2,1-2H3. The van der Waals surface area contributed by atoms with Crippen LogP contribution in [0.25, 0.3) is 0 Å². The summed E-state index contributed by atoms with van der Waals surface area (Å²) in [6.45, 7) is 4.20. The summed E-state index contributed by atoms with van der Waals surface area (Å²) in [5.74, 6) is 0.576. The zero-order valence-corrected chi connectivity index (χ0v) is 15.6. The zero-order valence-electron chi connectivity index (χ0n) is 15.6. The summed E-state index contributed by atoms with van der Waals surface area (Å²) in [6, 6.07) is 0. The molecule has 0 radical (unpaired) electrons. The van der Waals surface area contributed by atoms with Crippen molar-refractivity contribution < 1.29 is 9.59 Å². The van der Waals surface area contributed by atoms with Crippen molar-refractivity contribution in [3.63, 3.8) is 0 Å². The maximum absolute atomic E-state index is 13.1. The molecule has 0 unspecified atom stereocenters. The summed E-state index contributed by atoms with van der Waals surface area (Å²) in [4.78, 5) is 30.8. The van der Waals surface area contributed by atoms with Gasteiger partial charge in [-0.3, -0.25) is 9.59 Å². The van der Waals surface area contributed by atoms with Crippen molar-refractivity contribution in [1.29, 1.82) is 0 Å². The molecule has 0 aromatic heterocycles. The SMILES string of the molecule is CN(C)CCCN1CCC2(CC(=O)C3(CCCCCC3)C(=O)C2)C1. The number of hydrogen-bond acceptors (Lipinski definition) is 4. The lowest BCUT2D eigenvalue weighted by Crippen LogP contribution is -2.50. The van der Waals surface area contributed by atoms with E-state index >= 15 is 0 Å². The van der Waals surface area contributed by atoms with E-state index < -0.39 is 5.41 Å². The molecule has 0 N–H and O–H groups in total. The molecular weight excluding hydrogens is 300 g/mol. The van der Waals surface area contributed by atoms with E-state index in [1.54, 1.807) is 0 Å². The van der Waals surface area contributed by atoms with Gasteiger partial charge in [0.2, 0.25) is 0 Å². The summed E-state index contributed by atoms with van der Waals surface area (Å²) < 4.78 is 0. The van der Waals surface area contributed by atoms with Crippen LogP contribution in [-0.4, -0.2) is 61.6 Å². The van der Waals surface area contributed by atoms with Gasteiger partial charge < -0.3 is 9.80 Å². The van der Waals surface area contributed by atoms with Gasteiger partial charge in [-0.25, -0.2) is 0 Å². The van der Waals surface area contributed by atoms with Crippen molar-refractivity contribution in [1.82, 2.24) is 9.80 Å². The number of nitrogens with zero attached hydrogens (tertiary/aromatic N) is 2. The van der Waals surface area contributed by atoms with Crippen LogP contribution in [-0.2, 0) is 9.59 Å². The van der Waals surface area contributed by atoms with Crippen molar-refractivity contribution in [3.8, 4) is 0 Å². The molecule has 1 aliphatic heterocycles. The average molecular weight is 335 g/mol. The van der Waals surface area contributed by atoms with Crippen molar-refractivity contribution in [2.45, 2.75) is 64.2 Å². The molecule has 136 valence electrons. The second-order valence-corrected chi connectivity index (χ2v) is 8.88. The Labute approximate surface area is 146 Å². The zero-order chi connectivity index (χ0) is 17.2. The highest BCUT2D eigenvalue weighted by Crippen LogP contribution is 2.50. The maximum Gasteiger partial charge on any atom is 0.147 e. The summed E-state index contributed by atoms with van der Waals surface area (Å²) >= 11 is 0. The Morgan fingerprint density at radius 3 is 2.17 bits per heavy atom. The van der Waals surface area contributed by atoms with Gasteiger partial charge in [0.1, 0.15) is 11.6 Å². The second kappa shape index (κ2) is 7.25. The first kappa shape index (κ1) is 18.1.